The molecule has 0 heterocycles. The molecule has 0 saturated heterocycles. The van der Waals surface area contributed by atoms with Gasteiger partial charge in [0.05, 0.1) is 17.7 Å². The Kier molecular flexibility index (Phi) is 6.71. The number of carbonyl (C=O) groups is 1. The second-order valence-corrected chi connectivity index (χ2v) is 8.46. The van der Waals surface area contributed by atoms with Crippen LogP contribution in [0.2, 0.25) is 5.02 Å². The number of hydrogen-bond acceptors (Lipinski definition) is 4. The van der Waals surface area contributed by atoms with Crippen LogP contribution in [0.25, 0.3) is 0 Å². The molecule has 0 aromatic heterocycles. The predicted octanol–water partition coefficient (Wildman–Crippen LogP) is 2.87. The molecular formula is C16H15BrClN3O3S. The van der Waals surface area contributed by atoms with Crippen LogP contribution in [0.4, 0.5) is 0 Å². The number of hydrazone groups is 1. The number of rotatable bonds is 6. The summed E-state index contributed by atoms with van der Waals surface area (Å²) in [6.45, 7) is -0.358. The van der Waals surface area contributed by atoms with Gasteiger partial charge in [-0.25, -0.2) is 13.8 Å². The predicted molar refractivity (Wildman–Crippen MR) is 101 cm³/mol. The third-order valence-corrected chi connectivity index (χ3v) is 5.76. The number of sulfonamides is 1. The molecule has 1 amide bonds. The van der Waals surface area contributed by atoms with Gasteiger partial charge in [0, 0.05) is 16.5 Å². The van der Waals surface area contributed by atoms with Crippen molar-refractivity contribution in [3.05, 3.63) is 63.6 Å². The summed E-state index contributed by atoms with van der Waals surface area (Å²) >= 11 is 9.07. The highest BCUT2D eigenvalue weighted by Gasteiger charge is 2.22. The van der Waals surface area contributed by atoms with Gasteiger partial charge in [0.25, 0.3) is 5.91 Å². The van der Waals surface area contributed by atoms with Gasteiger partial charge in [0.15, 0.2) is 0 Å². The molecule has 25 heavy (non-hydrogen) atoms. The second kappa shape index (κ2) is 8.57. The maximum atomic E-state index is 12.4. The van der Waals surface area contributed by atoms with E-state index >= 15 is 0 Å². The molecule has 0 radical (unpaired) electrons. The smallest absolute Gasteiger partial charge is 0.255 e. The van der Waals surface area contributed by atoms with E-state index in [0.29, 0.717) is 5.02 Å². The molecule has 0 saturated carbocycles. The summed E-state index contributed by atoms with van der Waals surface area (Å²) in [6, 6.07) is 13.0. The molecule has 0 spiro atoms. The average molecular weight is 445 g/mol. The lowest BCUT2D eigenvalue weighted by Gasteiger charge is -2.16. The highest BCUT2D eigenvalue weighted by Crippen LogP contribution is 2.17. The summed E-state index contributed by atoms with van der Waals surface area (Å²) in [6.07, 6.45) is 1.47. The molecule has 9 heteroatoms. The van der Waals surface area contributed by atoms with E-state index in [1.807, 2.05) is 24.3 Å². The number of benzene rings is 2. The summed E-state index contributed by atoms with van der Waals surface area (Å²) < 4.78 is 26.6. The number of nitrogens with zero attached hydrogens (tertiary/aromatic N) is 2. The van der Waals surface area contributed by atoms with Gasteiger partial charge >= 0.3 is 0 Å². The molecule has 2 aromatic carbocycles. The molecule has 0 aliphatic rings. The van der Waals surface area contributed by atoms with Gasteiger partial charge in [-0.3, -0.25) is 4.79 Å². The van der Waals surface area contributed by atoms with Crippen molar-refractivity contribution in [3.63, 3.8) is 0 Å². The van der Waals surface area contributed by atoms with Crippen LogP contribution < -0.4 is 5.43 Å². The SMILES string of the molecule is CN(CC(=O)N/N=C\c1ccc(Br)cc1)S(=O)(=O)c1ccc(Cl)cc1. The van der Waals surface area contributed by atoms with Gasteiger partial charge < -0.3 is 0 Å². The second-order valence-electron chi connectivity index (χ2n) is 5.06. The summed E-state index contributed by atoms with van der Waals surface area (Å²) in [5.74, 6) is -0.548. The molecule has 0 unspecified atom stereocenters. The Balaban J connectivity index is 1.95. The average Bonchev–Trinajstić information content (AvgIpc) is 2.57. The van der Waals surface area contributed by atoms with Crippen molar-refractivity contribution in [1.29, 1.82) is 0 Å². The van der Waals surface area contributed by atoms with E-state index < -0.39 is 15.9 Å². The van der Waals surface area contributed by atoms with E-state index in [0.717, 1.165) is 14.3 Å². The minimum atomic E-state index is -3.78. The molecule has 1 N–H and O–H groups in total. The van der Waals surface area contributed by atoms with Crippen LogP contribution in [0.15, 0.2) is 63.0 Å². The van der Waals surface area contributed by atoms with E-state index in [4.69, 9.17) is 11.6 Å². The van der Waals surface area contributed by atoms with Crippen molar-refractivity contribution >= 4 is 49.7 Å². The van der Waals surface area contributed by atoms with Gasteiger partial charge in [0.1, 0.15) is 0 Å². The Hall–Kier alpha value is -1.74. The summed E-state index contributed by atoms with van der Waals surface area (Å²) in [7, 11) is -2.45. The van der Waals surface area contributed by atoms with E-state index in [9.17, 15) is 13.2 Å². The van der Waals surface area contributed by atoms with Crippen molar-refractivity contribution < 1.29 is 13.2 Å². The number of hydrogen-bond donors (Lipinski definition) is 1. The van der Waals surface area contributed by atoms with Crippen LogP contribution >= 0.6 is 27.5 Å². The Morgan fingerprint density at radius 3 is 2.40 bits per heavy atom. The zero-order chi connectivity index (χ0) is 18.4. The van der Waals surface area contributed by atoms with Crippen molar-refractivity contribution in [2.75, 3.05) is 13.6 Å². The first-order valence-corrected chi connectivity index (χ1v) is 9.69. The number of likely N-dealkylation sites (N-methyl/N-ethyl adjacent to an activating group) is 1. The van der Waals surface area contributed by atoms with Gasteiger partial charge in [0.2, 0.25) is 10.0 Å². The topological polar surface area (TPSA) is 78.8 Å². The molecule has 2 rings (SSSR count). The third kappa shape index (κ3) is 5.64. The Labute approximate surface area is 159 Å². The maximum absolute atomic E-state index is 12.4. The number of amides is 1. The lowest BCUT2D eigenvalue weighted by Crippen LogP contribution is -2.36. The summed E-state index contributed by atoms with van der Waals surface area (Å²) in [4.78, 5) is 11.9. The zero-order valence-corrected chi connectivity index (χ0v) is 16.3. The molecule has 2 aromatic rings. The number of halogens is 2. The van der Waals surface area contributed by atoms with Crippen LogP contribution in [0, 0.1) is 0 Å². The van der Waals surface area contributed by atoms with Gasteiger partial charge in [-0.1, -0.05) is 39.7 Å². The van der Waals surface area contributed by atoms with Crippen LogP contribution in [0.3, 0.4) is 0 Å². The first kappa shape index (κ1) is 19.6. The van der Waals surface area contributed by atoms with Crippen molar-refractivity contribution in [3.8, 4) is 0 Å². The van der Waals surface area contributed by atoms with Gasteiger partial charge in [-0.2, -0.15) is 9.41 Å². The Morgan fingerprint density at radius 1 is 1.20 bits per heavy atom. The van der Waals surface area contributed by atoms with E-state index in [1.165, 1.54) is 37.5 Å². The Morgan fingerprint density at radius 2 is 1.80 bits per heavy atom. The maximum Gasteiger partial charge on any atom is 0.255 e. The normalized spacial score (nSPS) is 11.8. The molecule has 132 valence electrons. The lowest BCUT2D eigenvalue weighted by atomic mass is 10.2. The molecule has 0 aliphatic carbocycles. The fourth-order valence-electron chi connectivity index (χ4n) is 1.84. The monoisotopic (exact) mass is 443 g/mol. The highest BCUT2D eigenvalue weighted by atomic mass is 79.9. The minimum Gasteiger partial charge on any atom is -0.272 e. The fourth-order valence-corrected chi connectivity index (χ4v) is 3.35. The molecule has 0 bridgehead atoms. The van der Waals surface area contributed by atoms with Gasteiger partial charge in [-0.15, -0.1) is 0 Å². The third-order valence-electron chi connectivity index (χ3n) is 3.16. The van der Waals surface area contributed by atoms with Gasteiger partial charge in [-0.05, 0) is 42.0 Å². The quantitative estimate of drug-likeness (QED) is 0.550. The minimum absolute atomic E-state index is 0.0607. The highest BCUT2D eigenvalue weighted by molar-refractivity contribution is 9.10. The largest absolute Gasteiger partial charge is 0.272 e. The van der Waals surface area contributed by atoms with E-state index in [1.54, 1.807) is 0 Å². The molecular weight excluding hydrogens is 430 g/mol. The summed E-state index contributed by atoms with van der Waals surface area (Å²) in [5.41, 5.74) is 3.10. The van der Waals surface area contributed by atoms with Crippen LogP contribution in [-0.2, 0) is 14.8 Å². The van der Waals surface area contributed by atoms with Crippen molar-refractivity contribution in [1.82, 2.24) is 9.73 Å². The van der Waals surface area contributed by atoms with Crippen LogP contribution in [-0.4, -0.2) is 38.4 Å². The van der Waals surface area contributed by atoms with Crippen molar-refractivity contribution in [2.45, 2.75) is 4.90 Å². The Bertz CT molecular complexity index is 869. The first-order valence-electron chi connectivity index (χ1n) is 7.08. The molecule has 0 atom stereocenters. The van der Waals surface area contributed by atoms with Crippen molar-refractivity contribution in [2.24, 2.45) is 5.10 Å². The van der Waals surface area contributed by atoms with Crippen LogP contribution in [0.5, 0.6) is 0 Å². The lowest BCUT2D eigenvalue weighted by molar-refractivity contribution is -0.121. The standard InChI is InChI=1S/C16H15BrClN3O3S/c1-21(25(23,24)15-8-6-14(18)7-9-15)11-16(22)20-19-10-12-2-4-13(17)5-3-12/h2-10H,11H2,1H3,(H,20,22)/b19-10-. The molecule has 0 aliphatic heterocycles. The van der Waals surface area contributed by atoms with E-state index in [2.05, 4.69) is 26.5 Å². The summed E-state index contributed by atoms with van der Waals surface area (Å²) in [5, 5.41) is 4.24. The zero-order valence-electron chi connectivity index (χ0n) is 13.2. The molecule has 0 fully saturated rings. The van der Waals surface area contributed by atoms with Crippen LogP contribution in [0.1, 0.15) is 5.56 Å². The van der Waals surface area contributed by atoms with E-state index in [-0.39, 0.29) is 11.4 Å². The first-order chi connectivity index (χ1) is 11.8. The molecule has 6 nitrogen and oxygen atoms in total. The number of nitrogens with one attached hydrogen (secondary N) is 1. The number of carbonyl (C=O) groups excluding carboxylic acids is 1. The fraction of sp³-hybridized carbons (Fsp3) is 0.125.